The number of ether oxygens (including phenoxy) is 2. The van der Waals surface area contributed by atoms with E-state index in [0.717, 1.165) is 5.56 Å². The minimum atomic E-state index is -0.378. The van der Waals surface area contributed by atoms with Crippen molar-refractivity contribution in [2.24, 2.45) is 5.10 Å². The Morgan fingerprint density at radius 3 is 2.70 bits per heavy atom. The number of amides is 1. The van der Waals surface area contributed by atoms with Gasteiger partial charge in [-0.1, -0.05) is 40.9 Å². The molecule has 0 aliphatic carbocycles. The number of pyridine rings is 1. The van der Waals surface area contributed by atoms with Crippen molar-refractivity contribution >= 4 is 46.9 Å². The Morgan fingerprint density at radius 2 is 2.00 bits per heavy atom. The van der Waals surface area contributed by atoms with Gasteiger partial charge in [-0.25, -0.2) is 5.43 Å². The lowest BCUT2D eigenvalue weighted by Crippen LogP contribution is -2.17. The second-order valence-electron chi connectivity index (χ2n) is 6.00. The van der Waals surface area contributed by atoms with E-state index < -0.39 is 0 Å². The molecule has 3 aromatic rings. The van der Waals surface area contributed by atoms with Crippen molar-refractivity contribution in [3.63, 3.8) is 0 Å². The third kappa shape index (κ3) is 5.63. The lowest BCUT2D eigenvalue weighted by molar-refractivity contribution is 0.0955. The highest BCUT2D eigenvalue weighted by atomic mass is 35.5. The van der Waals surface area contributed by atoms with Gasteiger partial charge in [0.15, 0.2) is 11.5 Å². The van der Waals surface area contributed by atoms with Crippen LogP contribution < -0.4 is 14.9 Å². The first-order chi connectivity index (χ1) is 14.5. The van der Waals surface area contributed by atoms with Gasteiger partial charge >= 0.3 is 0 Å². The average molecular weight is 465 g/mol. The lowest BCUT2D eigenvalue weighted by Gasteiger charge is -2.14. The summed E-state index contributed by atoms with van der Waals surface area (Å²) in [5.41, 5.74) is 4.19. The summed E-state index contributed by atoms with van der Waals surface area (Å²) in [4.78, 5) is 15.9. The lowest BCUT2D eigenvalue weighted by atomic mass is 10.2. The van der Waals surface area contributed by atoms with E-state index >= 15 is 0 Å². The molecule has 0 aliphatic heterocycles. The Labute approximate surface area is 188 Å². The van der Waals surface area contributed by atoms with Crippen molar-refractivity contribution in [2.45, 2.75) is 6.61 Å². The molecule has 3 rings (SSSR count). The van der Waals surface area contributed by atoms with Gasteiger partial charge in [-0.2, -0.15) is 5.10 Å². The molecule has 0 saturated heterocycles. The monoisotopic (exact) mass is 463 g/mol. The summed E-state index contributed by atoms with van der Waals surface area (Å²) in [6.45, 7) is 0.181. The molecule has 1 aromatic heterocycles. The zero-order valence-corrected chi connectivity index (χ0v) is 18.0. The first kappa shape index (κ1) is 21.9. The molecule has 0 fully saturated rings. The molecular formula is C21H16Cl3N3O3. The van der Waals surface area contributed by atoms with E-state index in [1.807, 2.05) is 0 Å². The van der Waals surface area contributed by atoms with Crippen LogP contribution >= 0.6 is 34.8 Å². The van der Waals surface area contributed by atoms with Gasteiger partial charge in [0.05, 0.1) is 23.9 Å². The van der Waals surface area contributed by atoms with Gasteiger partial charge in [-0.05, 0) is 42.0 Å². The minimum absolute atomic E-state index is 0.181. The standard InChI is InChI=1S/C21H16Cl3N3O3/c1-29-19-8-13(10-26-27-21(28)14-3-2-6-25-11-14)7-18(24)20(19)30-12-15-4-5-16(22)9-17(15)23/h2-11H,12H2,1H3,(H,27,28). The molecule has 9 heteroatoms. The van der Waals surface area contributed by atoms with Crippen LogP contribution in [0.25, 0.3) is 0 Å². The summed E-state index contributed by atoms with van der Waals surface area (Å²) >= 11 is 18.5. The SMILES string of the molecule is COc1cc(C=NNC(=O)c2cccnc2)cc(Cl)c1OCc1ccc(Cl)cc1Cl. The van der Waals surface area contributed by atoms with Crippen LogP contribution in [-0.4, -0.2) is 24.2 Å². The minimum Gasteiger partial charge on any atom is -0.493 e. The molecule has 0 atom stereocenters. The van der Waals surface area contributed by atoms with Crippen molar-refractivity contribution in [2.75, 3.05) is 7.11 Å². The highest BCUT2D eigenvalue weighted by Crippen LogP contribution is 2.37. The molecule has 1 amide bonds. The summed E-state index contributed by atoms with van der Waals surface area (Å²) in [5.74, 6) is 0.395. The third-order valence-corrected chi connectivity index (χ3v) is 4.81. The van der Waals surface area contributed by atoms with E-state index in [0.29, 0.717) is 37.7 Å². The maximum Gasteiger partial charge on any atom is 0.272 e. The van der Waals surface area contributed by atoms with E-state index in [-0.39, 0.29) is 12.5 Å². The number of hydrogen-bond donors (Lipinski definition) is 1. The Kier molecular flexibility index (Phi) is 7.52. The number of methoxy groups -OCH3 is 1. The molecule has 0 unspecified atom stereocenters. The number of halogens is 3. The Hall–Kier alpha value is -2.80. The molecule has 0 aliphatic rings. The van der Waals surface area contributed by atoms with Crippen LogP contribution in [0.2, 0.25) is 15.1 Å². The van der Waals surface area contributed by atoms with Crippen molar-refractivity contribution < 1.29 is 14.3 Å². The Balaban J connectivity index is 1.71. The van der Waals surface area contributed by atoms with Crippen LogP contribution in [0.4, 0.5) is 0 Å². The van der Waals surface area contributed by atoms with Crippen molar-refractivity contribution in [3.05, 3.63) is 86.6 Å². The van der Waals surface area contributed by atoms with Crippen LogP contribution in [0.15, 0.2) is 60.0 Å². The van der Waals surface area contributed by atoms with Crippen LogP contribution in [0.1, 0.15) is 21.5 Å². The second-order valence-corrected chi connectivity index (χ2v) is 7.25. The quantitative estimate of drug-likeness (QED) is 0.376. The number of nitrogens with one attached hydrogen (secondary N) is 1. The van der Waals surface area contributed by atoms with Crippen LogP contribution in [0, 0.1) is 0 Å². The maximum atomic E-state index is 12.0. The van der Waals surface area contributed by atoms with Gasteiger partial charge in [0.2, 0.25) is 0 Å². The molecule has 30 heavy (non-hydrogen) atoms. The van der Waals surface area contributed by atoms with Gasteiger partial charge < -0.3 is 9.47 Å². The number of aromatic nitrogens is 1. The number of benzene rings is 2. The molecule has 2 aromatic carbocycles. The fraction of sp³-hybridized carbons (Fsp3) is 0.0952. The van der Waals surface area contributed by atoms with Gasteiger partial charge in [-0.3, -0.25) is 9.78 Å². The van der Waals surface area contributed by atoms with E-state index in [1.54, 1.807) is 48.7 Å². The number of nitrogens with zero attached hydrogens (tertiary/aromatic N) is 2. The maximum absolute atomic E-state index is 12.0. The Morgan fingerprint density at radius 1 is 1.17 bits per heavy atom. The largest absolute Gasteiger partial charge is 0.493 e. The Bertz CT molecular complexity index is 1080. The van der Waals surface area contributed by atoms with E-state index in [9.17, 15) is 4.79 Å². The average Bonchev–Trinajstić information content (AvgIpc) is 2.74. The molecule has 0 radical (unpaired) electrons. The summed E-state index contributed by atoms with van der Waals surface area (Å²) in [6.07, 6.45) is 4.48. The second kappa shape index (κ2) is 10.3. The number of carbonyl (C=O) groups excluding carboxylic acids is 1. The fourth-order valence-electron chi connectivity index (χ4n) is 2.47. The van der Waals surface area contributed by atoms with E-state index in [2.05, 4.69) is 15.5 Å². The van der Waals surface area contributed by atoms with Gasteiger partial charge in [0, 0.05) is 28.0 Å². The smallest absolute Gasteiger partial charge is 0.272 e. The molecule has 154 valence electrons. The number of hydrogen-bond acceptors (Lipinski definition) is 5. The number of hydrazone groups is 1. The third-order valence-electron chi connectivity index (χ3n) is 3.94. The highest BCUT2D eigenvalue weighted by Gasteiger charge is 2.13. The van der Waals surface area contributed by atoms with Crippen LogP contribution in [0.5, 0.6) is 11.5 Å². The molecule has 1 N–H and O–H groups in total. The summed E-state index contributed by atoms with van der Waals surface area (Å²) in [7, 11) is 1.50. The van der Waals surface area contributed by atoms with Crippen molar-refractivity contribution in [3.8, 4) is 11.5 Å². The fourth-order valence-corrected chi connectivity index (χ4v) is 3.21. The summed E-state index contributed by atoms with van der Waals surface area (Å²) < 4.78 is 11.2. The van der Waals surface area contributed by atoms with Gasteiger partial charge in [0.25, 0.3) is 5.91 Å². The first-order valence-electron chi connectivity index (χ1n) is 8.65. The predicted molar refractivity (Wildman–Crippen MR) is 118 cm³/mol. The van der Waals surface area contributed by atoms with E-state index in [4.69, 9.17) is 44.3 Å². The highest BCUT2D eigenvalue weighted by molar-refractivity contribution is 6.35. The van der Waals surface area contributed by atoms with Crippen LogP contribution in [0.3, 0.4) is 0 Å². The van der Waals surface area contributed by atoms with E-state index in [1.165, 1.54) is 19.5 Å². The van der Waals surface area contributed by atoms with Crippen LogP contribution in [-0.2, 0) is 6.61 Å². The normalized spacial score (nSPS) is 10.8. The number of carbonyl (C=O) groups is 1. The molecule has 1 heterocycles. The zero-order chi connectivity index (χ0) is 21.5. The van der Waals surface area contributed by atoms with Crippen molar-refractivity contribution in [1.29, 1.82) is 0 Å². The number of rotatable bonds is 7. The van der Waals surface area contributed by atoms with Crippen molar-refractivity contribution in [1.82, 2.24) is 10.4 Å². The molecule has 0 spiro atoms. The van der Waals surface area contributed by atoms with Gasteiger partial charge in [-0.15, -0.1) is 0 Å². The molecule has 6 nitrogen and oxygen atoms in total. The zero-order valence-electron chi connectivity index (χ0n) is 15.7. The molecule has 0 bridgehead atoms. The topological polar surface area (TPSA) is 72.8 Å². The summed E-state index contributed by atoms with van der Waals surface area (Å²) in [5, 5.41) is 5.29. The predicted octanol–water partition coefficient (Wildman–Crippen LogP) is 5.39. The molecule has 0 saturated carbocycles. The molecular weight excluding hydrogens is 449 g/mol. The summed E-state index contributed by atoms with van der Waals surface area (Å²) in [6, 6.07) is 11.8. The first-order valence-corrected chi connectivity index (χ1v) is 9.79. The van der Waals surface area contributed by atoms with Gasteiger partial charge in [0.1, 0.15) is 6.61 Å².